The molecule has 1 rings (SSSR count). The summed E-state index contributed by atoms with van der Waals surface area (Å²) >= 11 is 0. The Balaban J connectivity index is 2.37. The van der Waals surface area contributed by atoms with Crippen LogP contribution in [0.1, 0.15) is 26.3 Å². The van der Waals surface area contributed by atoms with Crippen LogP contribution in [0.4, 0.5) is 0 Å². The molecule has 0 aliphatic heterocycles. The van der Waals surface area contributed by atoms with Gasteiger partial charge >= 0.3 is 0 Å². The fraction of sp³-hybridized carbons (Fsp3) is 0.750. The first-order valence-corrected chi connectivity index (χ1v) is 8.05. The first kappa shape index (κ1) is 16.1. The number of sulfonamides is 1. The molecule has 0 spiro atoms. The Labute approximate surface area is 115 Å². The second-order valence-electron chi connectivity index (χ2n) is 5.09. The SMILES string of the molecule is CC(C)NCC(C)S(=O)(=O)NCCc1cnn(C)c1. The lowest BCUT2D eigenvalue weighted by Crippen LogP contribution is -2.41. The van der Waals surface area contributed by atoms with Crippen LogP contribution in [0.15, 0.2) is 12.4 Å². The van der Waals surface area contributed by atoms with Gasteiger partial charge in [0.2, 0.25) is 10.0 Å². The highest BCUT2D eigenvalue weighted by molar-refractivity contribution is 7.90. The van der Waals surface area contributed by atoms with E-state index in [0.717, 1.165) is 5.56 Å². The van der Waals surface area contributed by atoms with Gasteiger partial charge in [-0.05, 0) is 18.9 Å². The lowest BCUT2D eigenvalue weighted by Gasteiger charge is -2.16. The van der Waals surface area contributed by atoms with Crippen molar-refractivity contribution in [2.45, 2.75) is 38.5 Å². The van der Waals surface area contributed by atoms with E-state index < -0.39 is 15.3 Å². The summed E-state index contributed by atoms with van der Waals surface area (Å²) in [5.41, 5.74) is 1.03. The summed E-state index contributed by atoms with van der Waals surface area (Å²) in [6.07, 6.45) is 4.29. The summed E-state index contributed by atoms with van der Waals surface area (Å²) in [6, 6.07) is 0.285. The minimum atomic E-state index is -3.26. The molecule has 0 aliphatic carbocycles. The van der Waals surface area contributed by atoms with E-state index in [1.54, 1.807) is 17.8 Å². The van der Waals surface area contributed by atoms with Crippen molar-refractivity contribution in [3.63, 3.8) is 0 Å². The molecule has 1 aromatic rings. The Morgan fingerprint density at radius 3 is 2.58 bits per heavy atom. The van der Waals surface area contributed by atoms with Crippen LogP contribution < -0.4 is 10.0 Å². The van der Waals surface area contributed by atoms with Gasteiger partial charge in [0.1, 0.15) is 0 Å². The maximum Gasteiger partial charge on any atom is 0.215 e. The van der Waals surface area contributed by atoms with Gasteiger partial charge in [-0.2, -0.15) is 5.10 Å². The van der Waals surface area contributed by atoms with Crippen LogP contribution in [0.5, 0.6) is 0 Å². The number of hydrogen-bond donors (Lipinski definition) is 2. The van der Waals surface area contributed by atoms with Crippen molar-refractivity contribution in [2.75, 3.05) is 13.1 Å². The monoisotopic (exact) mass is 288 g/mol. The van der Waals surface area contributed by atoms with Crippen molar-refractivity contribution in [1.82, 2.24) is 19.8 Å². The van der Waals surface area contributed by atoms with E-state index in [1.165, 1.54) is 0 Å². The largest absolute Gasteiger partial charge is 0.313 e. The fourth-order valence-electron chi connectivity index (χ4n) is 1.59. The maximum atomic E-state index is 12.0. The molecule has 0 radical (unpaired) electrons. The van der Waals surface area contributed by atoms with Crippen LogP contribution in [-0.2, 0) is 23.5 Å². The highest BCUT2D eigenvalue weighted by atomic mass is 32.2. The predicted octanol–water partition coefficient (Wildman–Crippen LogP) is 0.269. The molecule has 2 N–H and O–H groups in total. The van der Waals surface area contributed by atoms with Crippen LogP contribution in [-0.4, -0.2) is 42.6 Å². The van der Waals surface area contributed by atoms with Crippen molar-refractivity contribution < 1.29 is 8.42 Å². The molecule has 1 heterocycles. The third kappa shape index (κ3) is 5.71. The van der Waals surface area contributed by atoms with Gasteiger partial charge in [-0.25, -0.2) is 13.1 Å². The Kier molecular flexibility index (Phi) is 5.96. The molecule has 19 heavy (non-hydrogen) atoms. The van der Waals surface area contributed by atoms with Crippen LogP contribution in [0.3, 0.4) is 0 Å². The minimum absolute atomic E-state index is 0.285. The van der Waals surface area contributed by atoms with E-state index >= 15 is 0 Å². The lowest BCUT2D eigenvalue weighted by molar-refractivity contribution is 0.541. The quantitative estimate of drug-likeness (QED) is 0.720. The second kappa shape index (κ2) is 7.02. The van der Waals surface area contributed by atoms with Crippen LogP contribution in [0.2, 0.25) is 0 Å². The standard InChI is InChI=1S/C12H24N4O2S/c1-10(2)13-7-11(3)19(17,18)15-6-5-12-8-14-16(4)9-12/h8-11,13,15H,5-7H2,1-4H3. The summed E-state index contributed by atoms with van der Waals surface area (Å²) < 4.78 is 28.3. The van der Waals surface area contributed by atoms with Crippen molar-refractivity contribution in [1.29, 1.82) is 0 Å². The first-order chi connectivity index (χ1) is 8.81. The summed E-state index contributed by atoms with van der Waals surface area (Å²) in [5, 5.41) is 6.73. The Hall–Kier alpha value is -0.920. The molecule has 6 nitrogen and oxygen atoms in total. The number of nitrogens with zero attached hydrogens (tertiary/aromatic N) is 2. The van der Waals surface area contributed by atoms with E-state index in [9.17, 15) is 8.42 Å². The van der Waals surface area contributed by atoms with Gasteiger partial charge in [0, 0.05) is 32.4 Å². The first-order valence-electron chi connectivity index (χ1n) is 6.50. The van der Waals surface area contributed by atoms with Crippen LogP contribution in [0.25, 0.3) is 0 Å². The molecular formula is C12H24N4O2S. The van der Waals surface area contributed by atoms with Crippen molar-refractivity contribution in [3.8, 4) is 0 Å². The van der Waals surface area contributed by atoms with Gasteiger partial charge in [0.05, 0.1) is 11.4 Å². The molecule has 110 valence electrons. The van der Waals surface area contributed by atoms with Gasteiger partial charge in [-0.15, -0.1) is 0 Å². The molecule has 1 atom stereocenters. The molecule has 1 unspecified atom stereocenters. The lowest BCUT2D eigenvalue weighted by atomic mass is 10.3. The number of rotatable bonds is 8. The molecule has 0 saturated heterocycles. The predicted molar refractivity (Wildman–Crippen MR) is 76.4 cm³/mol. The normalized spacial score (nSPS) is 13.9. The van der Waals surface area contributed by atoms with Crippen LogP contribution >= 0.6 is 0 Å². The summed E-state index contributed by atoms with van der Waals surface area (Å²) in [6.45, 7) is 6.56. The zero-order chi connectivity index (χ0) is 14.5. The van der Waals surface area contributed by atoms with Gasteiger partial charge in [-0.3, -0.25) is 4.68 Å². The van der Waals surface area contributed by atoms with Gasteiger partial charge < -0.3 is 5.32 Å². The van der Waals surface area contributed by atoms with Crippen molar-refractivity contribution in [3.05, 3.63) is 18.0 Å². The number of aryl methyl sites for hydroxylation is 1. The average molecular weight is 288 g/mol. The molecule has 0 aliphatic rings. The van der Waals surface area contributed by atoms with E-state index in [4.69, 9.17) is 0 Å². The highest BCUT2D eigenvalue weighted by Crippen LogP contribution is 2.00. The molecule has 0 amide bonds. The molecule has 7 heteroatoms. The molecule has 0 fully saturated rings. The molecule has 0 saturated carbocycles. The van der Waals surface area contributed by atoms with Gasteiger partial charge in [0.25, 0.3) is 0 Å². The Bertz CT molecular complexity index is 482. The summed E-state index contributed by atoms with van der Waals surface area (Å²) in [7, 11) is -1.42. The topological polar surface area (TPSA) is 76.0 Å². The molecule has 0 aromatic carbocycles. The van der Waals surface area contributed by atoms with E-state index in [2.05, 4.69) is 15.1 Å². The summed E-state index contributed by atoms with van der Waals surface area (Å²) in [5.74, 6) is 0. The second-order valence-corrected chi connectivity index (χ2v) is 7.27. The van der Waals surface area contributed by atoms with E-state index in [0.29, 0.717) is 19.5 Å². The highest BCUT2D eigenvalue weighted by Gasteiger charge is 2.19. The smallest absolute Gasteiger partial charge is 0.215 e. The Morgan fingerprint density at radius 1 is 1.37 bits per heavy atom. The number of nitrogens with one attached hydrogen (secondary N) is 2. The molecular weight excluding hydrogens is 264 g/mol. The third-order valence-electron chi connectivity index (χ3n) is 2.82. The van der Waals surface area contributed by atoms with Crippen molar-refractivity contribution in [2.24, 2.45) is 7.05 Å². The molecule has 1 aromatic heterocycles. The van der Waals surface area contributed by atoms with Gasteiger partial charge in [0.15, 0.2) is 0 Å². The zero-order valence-electron chi connectivity index (χ0n) is 12.0. The average Bonchev–Trinajstić information content (AvgIpc) is 2.71. The van der Waals surface area contributed by atoms with E-state index in [1.807, 2.05) is 27.1 Å². The van der Waals surface area contributed by atoms with E-state index in [-0.39, 0.29) is 6.04 Å². The molecule has 0 bridgehead atoms. The van der Waals surface area contributed by atoms with Gasteiger partial charge in [-0.1, -0.05) is 13.8 Å². The Morgan fingerprint density at radius 2 is 2.05 bits per heavy atom. The van der Waals surface area contributed by atoms with Crippen LogP contribution in [0, 0.1) is 0 Å². The zero-order valence-corrected chi connectivity index (χ0v) is 12.9. The maximum absolute atomic E-state index is 12.0. The summed E-state index contributed by atoms with van der Waals surface area (Å²) in [4.78, 5) is 0. The van der Waals surface area contributed by atoms with Crippen molar-refractivity contribution >= 4 is 10.0 Å². The minimum Gasteiger partial charge on any atom is -0.313 e. The number of hydrogen-bond acceptors (Lipinski definition) is 4. The fourth-order valence-corrected chi connectivity index (χ4v) is 2.58. The number of aromatic nitrogens is 2. The third-order valence-corrected chi connectivity index (χ3v) is 4.65.